The summed E-state index contributed by atoms with van der Waals surface area (Å²) in [6.45, 7) is 6.57. The highest BCUT2D eigenvalue weighted by Crippen LogP contribution is 2.38. The number of halogens is 1. The molecule has 1 amide bonds. The molecular weight excluding hydrogens is 566 g/mol. The van der Waals surface area contributed by atoms with Crippen molar-refractivity contribution in [3.8, 4) is 28.4 Å². The smallest absolute Gasteiger partial charge is 0.343 e. The molecule has 0 radical (unpaired) electrons. The zero-order chi connectivity index (χ0) is 30.3. The molecule has 0 saturated carbocycles. The number of aromatic amines is 1. The van der Waals surface area contributed by atoms with Gasteiger partial charge in [0.05, 0.1) is 25.0 Å². The molecule has 0 saturated heterocycles. The molecule has 5 aromatic rings. The normalized spacial score (nSPS) is 11.1. The van der Waals surface area contributed by atoms with Gasteiger partial charge in [-0.3, -0.25) is 4.79 Å². The van der Waals surface area contributed by atoms with E-state index in [4.69, 9.17) is 25.8 Å². The minimum absolute atomic E-state index is 0.280. The second-order valence-corrected chi connectivity index (χ2v) is 10.00. The van der Waals surface area contributed by atoms with Gasteiger partial charge >= 0.3 is 5.97 Å². The molecule has 0 spiro atoms. The fourth-order valence-corrected chi connectivity index (χ4v) is 4.80. The van der Waals surface area contributed by atoms with Gasteiger partial charge in [0.1, 0.15) is 11.4 Å². The molecule has 0 unspecified atom stereocenters. The van der Waals surface area contributed by atoms with Crippen molar-refractivity contribution in [3.05, 3.63) is 112 Å². The molecule has 8 nitrogen and oxygen atoms in total. The van der Waals surface area contributed by atoms with Gasteiger partial charge in [-0.05, 0) is 80.9 Å². The van der Waals surface area contributed by atoms with Crippen molar-refractivity contribution in [3.63, 3.8) is 0 Å². The number of aromatic nitrogens is 1. The highest BCUT2D eigenvalue weighted by Gasteiger charge is 2.21. The fraction of sp³-hybridized carbons (Fsp3) is 0.147. The maximum Gasteiger partial charge on any atom is 0.343 e. The topological polar surface area (TPSA) is 102 Å². The number of hydrogen-bond acceptors (Lipinski definition) is 6. The number of hydrogen-bond donors (Lipinski definition) is 2. The van der Waals surface area contributed by atoms with Crippen LogP contribution in [-0.2, 0) is 0 Å². The monoisotopic (exact) mass is 595 g/mol. The van der Waals surface area contributed by atoms with Gasteiger partial charge in [0.25, 0.3) is 5.91 Å². The summed E-state index contributed by atoms with van der Waals surface area (Å²) < 4.78 is 17.0. The zero-order valence-corrected chi connectivity index (χ0v) is 24.7. The number of nitrogens with one attached hydrogen (secondary N) is 2. The summed E-state index contributed by atoms with van der Waals surface area (Å²) in [4.78, 5) is 29.3. The molecule has 0 aliphatic rings. The number of fused-ring (bicyclic) bond motifs is 1. The summed E-state index contributed by atoms with van der Waals surface area (Å²) in [5.41, 5.74) is 7.12. The molecule has 5 rings (SSSR count). The van der Waals surface area contributed by atoms with Crippen molar-refractivity contribution in [1.82, 2.24) is 10.4 Å². The molecule has 0 aliphatic carbocycles. The largest absolute Gasteiger partial charge is 0.494 e. The molecular formula is C34H30ClN3O5. The van der Waals surface area contributed by atoms with E-state index in [1.165, 1.54) is 6.21 Å². The summed E-state index contributed by atoms with van der Waals surface area (Å²) in [6.07, 6.45) is 1.48. The van der Waals surface area contributed by atoms with Crippen molar-refractivity contribution in [2.24, 2.45) is 5.10 Å². The maximum absolute atomic E-state index is 13.4. The number of nitrogens with zero attached hydrogens (tertiary/aromatic N) is 1. The van der Waals surface area contributed by atoms with E-state index < -0.39 is 11.9 Å². The maximum atomic E-state index is 13.4. The quantitative estimate of drug-likeness (QED) is 0.0750. The van der Waals surface area contributed by atoms with Gasteiger partial charge in [0.15, 0.2) is 11.5 Å². The zero-order valence-electron chi connectivity index (χ0n) is 23.9. The van der Waals surface area contributed by atoms with Crippen molar-refractivity contribution in [2.45, 2.75) is 20.8 Å². The fourth-order valence-electron chi connectivity index (χ4n) is 4.57. The van der Waals surface area contributed by atoms with Crippen molar-refractivity contribution in [2.75, 3.05) is 13.2 Å². The number of carbonyl (C=O) groups excluding carboxylic acids is 2. The summed E-state index contributed by atoms with van der Waals surface area (Å²) in [6, 6.07) is 25.1. The first kappa shape index (κ1) is 29.4. The number of esters is 1. The predicted octanol–water partition coefficient (Wildman–Crippen LogP) is 7.58. The molecule has 0 aliphatic heterocycles. The number of aryl methyl sites for hydroxylation is 1. The summed E-state index contributed by atoms with van der Waals surface area (Å²) in [5.74, 6) is 0.400. The Morgan fingerprint density at radius 2 is 1.67 bits per heavy atom. The van der Waals surface area contributed by atoms with Crippen LogP contribution in [-0.4, -0.2) is 36.3 Å². The molecule has 4 aromatic carbocycles. The molecule has 1 aromatic heterocycles. The van der Waals surface area contributed by atoms with Crippen LogP contribution >= 0.6 is 11.6 Å². The van der Waals surface area contributed by atoms with E-state index in [2.05, 4.69) is 15.5 Å². The standard InChI is InChI=1S/C34H30ClN3O5/c1-4-41-24-15-16-28-26(19-24)31(25-8-6-7-9-27(25)35)32(37-28)33(39)38-36-20-22-12-17-29(30(18-22)42-5-2)43-34(40)23-13-10-21(3)11-14-23/h6-20,37H,4-5H2,1-3H3,(H,38,39). The minimum atomic E-state index is -0.490. The molecule has 0 bridgehead atoms. The lowest BCUT2D eigenvalue weighted by atomic mass is 10.0. The second kappa shape index (κ2) is 13.3. The van der Waals surface area contributed by atoms with E-state index in [1.54, 1.807) is 36.4 Å². The van der Waals surface area contributed by atoms with Crippen LogP contribution < -0.4 is 19.6 Å². The molecule has 9 heteroatoms. The molecule has 218 valence electrons. The molecule has 2 N–H and O–H groups in total. The minimum Gasteiger partial charge on any atom is -0.494 e. The SMILES string of the molecule is CCOc1ccc2[nH]c(C(=O)NN=Cc3ccc(OC(=O)c4ccc(C)cc4)c(OCC)c3)c(-c3ccccc3Cl)c2c1. The molecule has 0 fully saturated rings. The van der Waals surface area contributed by atoms with Crippen molar-refractivity contribution >= 4 is 40.6 Å². The number of benzene rings is 4. The highest BCUT2D eigenvalue weighted by molar-refractivity contribution is 6.34. The third-order valence-electron chi connectivity index (χ3n) is 6.59. The van der Waals surface area contributed by atoms with Crippen LogP contribution in [0.15, 0.2) is 90.0 Å². The third kappa shape index (κ3) is 6.71. The Bertz CT molecular complexity index is 1810. The van der Waals surface area contributed by atoms with E-state index in [9.17, 15) is 9.59 Å². The second-order valence-electron chi connectivity index (χ2n) is 9.59. The van der Waals surface area contributed by atoms with Crippen LogP contribution in [0.3, 0.4) is 0 Å². The summed E-state index contributed by atoms with van der Waals surface area (Å²) in [7, 11) is 0. The van der Waals surface area contributed by atoms with Gasteiger partial charge in [-0.1, -0.05) is 47.5 Å². The number of ether oxygens (including phenoxy) is 3. The lowest BCUT2D eigenvalue weighted by molar-refractivity contribution is 0.0728. The van der Waals surface area contributed by atoms with Crippen LogP contribution in [0.4, 0.5) is 0 Å². The van der Waals surface area contributed by atoms with E-state index in [1.807, 2.05) is 69.3 Å². The number of carbonyl (C=O) groups is 2. The summed E-state index contributed by atoms with van der Waals surface area (Å²) in [5, 5.41) is 5.48. The molecule has 1 heterocycles. The van der Waals surface area contributed by atoms with Crippen LogP contribution in [0.1, 0.15) is 45.8 Å². The van der Waals surface area contributed by atoms with Gasteiger partial charge in [-0.2, -0.15) is 5.10 Å². The highest BCUT2D eigenvalue weighted by atomic mass is 35.5. The lowest BCUT2D eigenvalue weighted by Crippen LogP contribution is -2.19. The first-order valence-electron chi connectivity index (χ1n) is 13.8. The van der Waals surface area contributed by atoms with E-state index in [0.29, 0.717) is 57.7 Å². The van der Waals surface area contributed by atoms with Gasteiger partial charge in [0, 0.05) is 27.1 Å². The van der Waals surface area contributed by atoms with Crippen LogP contribution in [0, 0.1) is 6.92 Å². The number of amides is 1. The number of hydrazone groups is 1. The Labute approximate surface area is 254 Å². The van der Waals surface area contributed by atoms with Crippen molar-refractivity contribution in [1.29, 1.82) is 0 Å². The third-order valence-corrected chi connectivity index (χ3v) is 6.92. The van der Waals surface area contributed by atoms with Gasteiger partial charge in [0.2, 0.25) is 0 Å². The van der Waals surface area contributed by atoms with Gasteiger partial charge in [-0.25, -0.2) is 10.2 Å². The average Bonchev–Trinajstić information content (AvgIpc) is 3.38. The van der Waals surface area contributed by atoms with Crippen LogP contribution in [0.5, 0.6) is 17.2 Å². The Morgan fingerprint density at radius 3 is 2.42 bits per heavy atom. The Kier molecular flexibility index (Phi) is 9.08. The Hall–Kier alpha value is -5.08. The Balaban J connectivity index is 1.38. The number of rotatable bonds is 10. The van der Waals surface area contributed by atoms with E-state index in [0.717, 1.165) is 16.5 Å². The van der Waals surface area contributed by atoms with Gasteiger partial charge in [-0.15, -0.1) is 0 Å². The number of H-pyrrole nitrogens is 1. The average molecular weight is 596 g/mol. The van der Waals surface area contributed by atoms with Gasteiger partial charge < -0.3 is 19.2 Å². The first-order chi connectivity index (χ1) is 20.9. The molecule has 43 heavy (non-hydrogen) atoms. The van der Waals surface area contributed by atoms with Crippen LogP contribution in [0.2, 0.25) is 5.02 Å². The summed E-state index contributed by atoms with van der Waals surface area (Å²) >= 11 is 6.55. The Morgan fingerprint density at radius 1 is 0.907 bits per heavy atom. The van der Waals surface area contributed by atoms with E-state index in [-0.39, 0.29) is 5.75 Å². The lowest BCUT2D eigenvalue weighted by Gasteiger charge is -2.11. The van der Waals surface area contributed by atoms with Crippen LogP contribution in [0.25, 0.3) is 22.0 Å². The first-order valence-corrected chi connectivity index (χ1v) is 14.2. The predicted molar refractivity (Wildman–Crippen MR) is 169 cm³/mol. The van der Waals surface area contributed by atoms with Crippen molar-refractivity contribution < 1.29 is 23.8 Å². The van der Waals surface area contributed by atoms with E-state index >= 15 is 0 Å². The molecule has 0 atom stereocenters.